The molecule has 1 saturated carbocycles. The van der Waals surface area contributed by atoms with Gasteiger partial charge in [0.25, 0.3) is 0 Å². The zero-order chi connectivity index (χ0) is 16.9. The third-order valence-corrected chi connectivity index (χ3v) is 4.64. The monoisotopic (exact) mass is 331 g/mol. The number of ether oxygens (including phenoxy) is 3. The van der Waals surface area contributed by atoms with Gasteiger partial charge in [-0.25, -0.2) is 0 Å². The van der Waals surface area contributed by atoms with Crippen molar-refractivity contribution in [3.8, 4) is 17.2 Å². The van der Waals surface area contributed by atoms with Crippen LogP contribution in [0.25, 0.3) is 6.08 Å². The van der Waals surface area contributed by atoms with Crippen molar-refractivity contribution in [2.45, 2.75) is 38.6 Å². The molecule has 1 fully saturated rings. The summed E-state index contributed by atoms with van der Waals surface area (Å²) in [7, 11) is 1.60. The van der Waals surface area contributed by atoms with E-state index in [4.69, 9.17) is 14.2 Å². The SMILES string of the molecule is COc1cc(C=CC(=O)NC2CCC(C)CC2)cc2c1OCCO2. The van der Waals surface area contributed by atoms with Crippen LogP contribution < -0.4 is 19.5 Å². The Morgan fingerprint density at radius 1 is 1.21 bits per heavy atom. The lowest BCUT2D eigenvalue weighted by atomic mass is 9.87. The van der Waals surface area contributed by atoms with Gasteiger partial charge in [0.2, 0.25) is 11.7 Å². The van der Waals surface area contributed by atoms with Crippen LogP contribution in [0.2, 0.25) is 0 Å². The summed E-state index contributed by atoms with van der Waals surface area (Å²) < 4.78 is 16.5. The summed E-state index contributed by atoms with van der Waals surface area (Å²) in [4.78, 5) is 12.1. The van der Waals surface area contributed by atoms with Crippen molar-refractivity contribution < 1.29 is 19.0 Å². The van der Waals surface area contributed by atoms with Gasteiger partial charge in [0.05, 0.1) is 7.11 Å². The van der Waals surface area contributed by atoms with Crippen molar-refractivity contribution in [1.82, 2.24) is 5.32 Å². The molecule has 1 aromatic rings. The Balaban J connectivity index is 1.64. The number of rotatable bonds is 4. The summed E-state index contributed by atoms with van der Waals surface area (Å²) in [5.74, 6) is 2.62. The average molecular weight is 331 g/mol. The molecule has 24 heavy (non-hydrogen) atoms. The molecule has 5 nitrogen and oxygen atoms in total. The molecule has 3 rings (SSSR count). The lowest BCUT2D eigenvalue weighted by Gasteiger charge is -2.26. The first-order valence-corrected chi connectivity index (χ1v) is 8.62. The van der Waals surface area contributed by atoms with Crippen LogP contribution in [0.3, 0.4) is 0 Å². The average Bonchev–Trinajstić information content (AvgIpc) is 2.61. The van der Waals surface area contributed by atoms with Gasteiger partial charge in [0.1, 0.15) is 13.2 Å². The maximum atomic E-state index is 12.1. The summed E-state index contributed by atoms with van der Waals surface area (Å²) >= 11 is 0. The first-order valence-electron chi connectivity index (χ1n) is 8.62. The Kier molecular flexibility index (Phi) is 5.28. The van der Waals surface area contributed by atoms with Crippen LogP contribution in [0.5, 0.6) is 17.2 Å². The largest absolute Gasteiger partial charge is 0.493 e. The van der Waals surface area contributed by atoms with E-state index in [1.165, 1.54) is 12.8 Å². The lowest BCUT2D eigenvalue weighted by Crippen LogP contribution is -2.36. The molecular weight excluding hydrogens is 306 g/mol. The standard InChI is InChI=1S/C19H25NO4/c1-13-3-6-15(7-4-13)20-18(21)8-5-14-11-16(22-2)19-17(12-14)23-9-10-24-19/h5,8,11-13,15H,3-4,6-7,9-10H2,1-2H3,(H,20,21). The van der Waals surface area contributed by atoms with E-state index in [0.717, 1.165) is 24.3 Å². The molecule has 0 bridgehead atoms. The van der Waals surface area contributed by atoms with E-state index >= 15 is 0 Å². The molecule has 2 aliphatic rings. The second-order valence-corrected chi connectivity index (χ2v) is 6.55. The molecule has 1 aliphatic heterocycles. The number of nitrogens with one attached hydrogen (secondary N) is 1. The predicted molar refractivity (Wildman–Crippen MR) is 92.6 cm³/mol. The van der Waals surface area contributed by atoms with Gasteiger partial charge in [-0.1, -0.05) is 6.92 Å². The van der Waals surface area contributed by atoms with Crippen molar-refractivity contribution in [2.75, 3.05) is 20.3 Å². The van der Waals surface area contributed by atoms with Crippen LogP contribution >= 0.6 is 0 Å². The van der Waals surface area contributed by atoms with Gasteiger partial charge in [-0.3, -0.25) is 4.79 Å². The fourth-order valence-electron chi connectivity index (χ4n) is 3.22. The highest BCUT2D eigenvalue weighted by atomic mass is 16.6. The molecule has 0 unspecified atom stereocenters. The molecule has 1 heterocycles. The molecule has 0 spiro atoms. The Bertz CT molecular complexity index is 601. The van der Waals surface area contributed by atoms with Crippen molar-refractivity contribution >= 4 is 12.0 Å². The summed E-state index contributed by atoms with van der Waals surface area (Å²) in [5.41, 5.74) is 0.850. The highest BCUT2D eigenvalue weighted by molar-refractivity contribution is 5.92. The van der Waals surface area contributed by atoms with E-state index in [1.807, 2.05) is 12.1 Å². The van der Waals surface area contributed by atoms with E-state index in [0.29, 0.717) is 36.5 Å². The molecule has 1 aliphatic carbocycles. The minimum atomic E-state index is -0.0524. The quantitative estimate of drug-likeness (QED) is 0.861. The van der Waals surface area contributed by atoms with Crippen LogP contribution in [0, 0.1) is 5.92 Å². The van der Waals surface area contributed by atoms with E-state index in [1.54, 1.807) is 19.3 Å². The lowest BCUT2D eigenvalue weighted by molar-refractivity contribution is -0.117. The predicted octanol–water partition coefficient (Wildman–Crippen LogP) is 3.17. The first kappa shape index (κ1) is 16.7. The number of hydrogen-bond donors (Lipinski definition) is 1. The van der Waals surface area contributed by atoms with Gasteiger partial charge in [-0.15, -0.1) is 0 Å². The Morgan fingerprint density at radius 2 is 1.96 bits per heavy atom. The molecule has 1 aromatic carbocycles. The Morgan fingerprint density at radius 3 is 2.71 bits per heavy atom. The summed E-state index contributed by atoms with van der Waals surface area (Å²) in [5, 5.41) is 3.09. The fourth-order valence-corrected chi connectivity index (χ4v) is 3.22. The van der Waals surface area contributed by atoms with Crippen LogP contribution in [-0.2, 0) is 4.79 Å². The molecule has 0 radical (unpaired) electrons. The number of carbonyl (C=O) groups is 1. The number of fused-ring (bicyclic) bond motifs is 1. The maximum absolute atomic E-state index is 12.1. The molecule has 0 atom stereocenters. The highest BCUT2D eigenvalue weighted by Gasteiger charge is 2.19. The van der Waals surface area contributed by atoms with Crippen LogP contribution in [0.4, 0.5) is 0 Å². The van der Waals surface area contributed by atoms with E-state index in [2.05, 4.69) is 12.2 Å². The van der Waals surface area contributed by atoms with Gasteiger partial charge in [0, 0.05) is 12.1 Å². The van der Waals surface area contributed by atoms with E-state index < -0.39 is 0 Å². The molecule has 0 aromatic heterocycles. The topological polar surface area (TPSA) is 56.8 Å². The smallest absolute Gasteiger partial charge is 0.244 e. The minimum absolute atomic E-state index is 0.0524. The molecule has 1 N–H and O–H groups in total. The summed E-state index contributed by atoms with van der Waals surface area (Å²) in [6.07, 6.45) is 7.86. The summed E-state index contributed by atoms with van der Waals surface area (Å²) in [6.45, 7) is 3.30. The number of benzene rings is 1. The molecular formula is C19H25NO4. The maximum Gasteiger partial charge on any atom is 0.244 e. The fraction of sp³-hybridized carbons (Fsp3) is 0.526. The third-order valence-electron chi connectivity index (χ3n) is 4.64. The Hall–Kier alpha value is -2.17. The van der Waals surface area contributed by atoms with Gasteiger partial charge >= 0.3 is 0 Å². The second kappa shape index (κ2) is 7.60. The molecule has 0 saturated heterocycles. The third kappa shape index (κ3) is 4.02. The Labute approximate surface area is 143 Å². The number of carbonyl (C=O) groups excluding carboxylic acids is 1. The highest BCUT2D eigenvalue weighted by Crippen LogP contribution is 2.40. The zero-order valence-corrected chi connectivity index (χ0v) is 14.3. The molecule has 1 amide bonds. The van der Waals surface area contributed by atoms with Gasteiger partial charge in [-0.2, -0.15) is 0 Å². The number of amides is 1. The zero-order valence-electron chi connectivity index (χ0n) is 14.3. The normalized spacial score (nSPS) is 23.1. The van der Waals surface area contributed by atoms with E-state index in [9.17, 15) is 4.79 Å². The van der Waals surface area contributed by atoms with Crippen molar-refractivity contribution in [3.05, 3.63) is 23.8 Å². The van der Waals surface area contributed by atoms with Gasteiger partial charge in [-0.05, 0) is 55.4 Å². The van der Waals surface area contributed by atoms with Crippen LogP contribution in [-0.4, -0.2) is 32.3 Å². The first-order chi connectivity index (χ1) is 11.7. The second-order valence-electron chi connectivity index (χ2n) is 6.55. The van der Waals surface area contributed by atoms with E-state index in [-0.39, 0.29) is 5.91 Å². The van der Waals surface area contributed by atoms with Crippen molar-refractivity contribution in [2.24, 2.45) is 5.92 Å². The number of hydrogen-bond acceptors (Lipinski definition) is 4. The van der Waals surface area contributed by atoms with Crippen molar-refractivity contribution in [1.29, 1.82) is 0 Å². The summed E-state index contributed by atoms with van der Waals surface area (Å²) in [6, 6.07) is 4.01. The van der Waals surface area contributed by atoms with Crippen LogP contribution in [0.1, 0.15) is 38.2 Å². The molecule has 5 heteroatoms. The van der Waals surface area contributed by atoms with Gasteiger partial charge in [0.15, 0.2) is 11.5 Å². The van der Waals surface area contributed by atoms with Gasteiger partial charge < -0.3 is 19.5 Å². The number of methoxy groups -OCH3 is 1. The van der Waals surface area contributed by atoms with Crippen LogP contribution in [0.15, 0.2) is 18.2 Å². The minimum Gasteiger partial charge on any atom is -0.493 e. The molecule has 130 valence electrons. The van der Waals surface area contributed by atoms with Crippen molar-refractivity contribution in [3.63, 3.8) is 0 Å².